The van der Waals surface area contributed by atoms with E-state index >= 15 is 0 Å². The van der Waals surface area contributed by atoms with Gasteiger partial charge in [-0.1, -0.05) is 18.5 Å². The van der Waals surface area contributed by atoms with Gasteiger partial charge in [0.05, 0.1) is 17.1 Å². The highest BCUT2D eigenvalue weighted by Gasteiger charge is 2.10. The Kier molecular flexibility index (Phi) is 4.24. The van der Waals surface area contributed by atoms with Crippen molar-refractivity contribution in [1.29, 1.82) is 0 Å². The second kappa shape index (κ2) is 5.46. The van der Waals surface area contributed by atoms with Crippen molar-refractivity contribution in [2.45, 2.75) is 13.3 Å². The summed E-state index contributed by atoms with van der Waals surface area (Å²) in [7, 11) is 0. The average Bonchev–Trinajstić information content (AvgIpc) is 2.26. The van der Waals surface area contributed by atoms with Crippen molar-refractivity contribution in [2.24, 2.45) is 0 Å². The molecule has 0 spiro atoms. The molecule has 0 unspecified atom stereocenters. The van der Waals surface area contributed by atoms with E-state index in [1.54, 1.807) is 6.07 Å². The molecule has 0 aliphatic carbocycles. The van der Waals surface area contributed by atoms with Crippen molar-refractivity contribution < 1.29 is 9.59 Å². The van der Waals surface area contributed by atoms with Crippen LogP contribution >= 0.6 is 11.6 Å². The number of amides is 1. The van der Waals surface area contributed by atoms with E-state index in [1.165, 1.54) is 6.20 Å². The summed E-state index contributed by atoms with van der Waals surface area (Å²) in [5, 5.41) is 2.71. The molecule has 5 heteroatoms. The second-order valence-electron chi connectivity index (χ2n) is 2.89. The Morgan fingerprint density at radius 2 is 2.40 bits per heavy atom. The summed E-state index contributed by atoms with van der Waals surface area (Å²) >= 11 is 5.82. The van der Waals surface area contributed by atoms with Crippen LogP contribution in [0.4, 0.5) is 0 Å². The number of hydrogen-bond donors (Lipinski definition) is 1. The van der Waals surface area contributed by atoms with Gasteiger partial charge >= 0.3 is 0 Å². The Balaban J connectivity index is 2.91. The van der Waals surface area contributed by atoms with Gasteiger partial charge in [-0.15, -0.1) is 0 Å². The third kappa shape index (κ3) is 3.02. The molecule has 0 saturated heterocycles. The van der Waals surface area contributed by atoms with E-state index in [2.05, 4.69) is 10.3 Å². The highest BCUT2D eigenvalue weighted by Crippen LogP contribution is 2.15. The zero-order valence-electron chi connectivity index (χ0n) is 8.29. The zero-order chi connectivity index (χ0) is 11.3. The van der Waals surface area contributed by atoms with Crippen LogP contribution in [0, 0.1) is 0 Å². The van der Waals surface area contributed by atoms with Gasteiger partial charge in [0, 0.05) is 11.9 Å². The quantitative estimate of drug-likeness (QED) is 0.786. The van der Waals surface area contributed by atoms with Gasteiger partial charge in [-0.2, -0.15) is 0 Å². The molecule has 1 rings (SSSR count). The number of aryl methyl sites for hydroxylation is 1. The number of carbonyl (C=O) groups excluding carboxylic acids is 2. The molecule has 0 aliphatic rings. The monoisotopic (exact) mass is 226 g/mol. The van der Waals surface area contributed by atoms with Crippen LogP contribution in [-0.4, -0.2) is 23.7 Å². The lowest BCUT2D eigenvalue weighted by Crippen LogP contribution is -2.25. The molecule has 0 atom stereocenters. The average molecular weight is 227 g/mol. The van der Waals surface area contributed by atoms with Crippen molar-refractivity contribution in [3.05, 3.63) is 28.5 Å². The minimum Gasteiger partial charge on any atom is -0.345 e. The van der Waals surface area contributed by atoms with Gasteiger partial charge in [0.15, 0.2) is 0 Å². The number of nitrogens with one attached hydrogen (secondary N) is 1. The molecule has 0 aromatic carbocycles. The molecule has 0 aliphatic heterocycles. The predicted octanol–water partition coefficient (Wildman–Crippen LogP) is 1.23. The van der Waals surface area contributed by atoms with Gasteiger partial charge in [0.1, 0.15) is 6.29 Å². The van der Waals surface area contributed by atoms with Gasteiger partial charge in [-0.05, 0) is 12.5 Å². The van der Waals surface area contributed by atoms with Crippen molar-refractivity contribution in [1.82, 2.24) is 10.3 Å². The fraction of sp³-hybridized carbons (Fsp3) is 0.300. The van der Waals surface area contributed by atoms with Crippen LogP contribution in [0.5, 0.6) is 0 Å². The topological polar surface area (TPSA) is 59.1 Å². The maximum absolute atomic E-state index is 11.5. The lowest BCUT2D eigenvalue weighted by Gasteiger charge is -2.05. The van der Waals surface area contributed by atoms with E-state index in [9.17, 15) is 9.59 Å². The van der Waals surface area contributed by atoms with Crippen LogP contribution < -0.4 is 5.32 Å². The SMILES string of the molecule is CCc1cc(C(=O)NCC=O)c(Cl)cn1. The molecule has 4 nitrogen and oxygen atoms in total. The number of halogens is 1. The minimum absolute atomic E-state index is 0.0149. The highest BCUT2D eigenvalue weighted by molar-refractivity contribution is 6.33. The van der Waals surface area contributed by atoms with E-state index in [1.807, 2.05) is 6.92 Å². The van der Waals surface area contributed by atoms with Crippen LogP contribution in [0.2, 0.25) is 5.02 Å². The van der Waals surface area contributed by atoms with Crippen molar-refractivity contribution in [3.63, 3.8) is 0 Å². The van der Waals surface area contributed by atoms with Crippen LogP contribution in [0.15, 0.2) is 12.3 Å². The third-order valence-corrected chi connectivity index (χ3v) is 2.17. The maximum atomic E-state index is 11.5. The van der Waals surface area contributed by atoms with Crippen molar-refractivity contribution >= 4 is 23.8 Å². The van der Waals surface area contributed by atoms with E-state index in [4.69, 9.17) is 11.6 Å². The molecule has 0 bridgehead atoms. The molecule has 0 fully saturated rings. The van der Waals surface area contributed by atoms with Gasteiger partial charge < -0.3 is 10.1 Å². The standard InChI is InChI=1S/C10H11ClN2O2/c1-2-7-5-8(9(11)6-13-7)10(15)12-3-4-14/h4-6H,2-3H2,1H3,(H,12,15). The number of aromatic nitrogens is 1. The first-order valence-electron chi connectivity index (χ1n) is 4.55. The van der Waals surface area contributed by atoms with E-state index in [-0.39, 0.29) is 17.5 Å². The largest absolute Gasteiger partial charge is 0.345 e. The number of aldehydes is 1. The van der Waals surface area contributed by atoms with Crippen LogP contribution in [-0.2, 0) is 11.2 Å². The molecule has 0 saturated carbocycles. The number of hydrogen-bond acceptors (Lipinski definition) is 3. The Morgan fingerprint density at radius 3 is 3.00 bits per heavy atom. The number of carbonyl (C=O) groups is 2. The zero-order valence-corrected chi connectivity index (χ0v) is 9.04. The highest BCUT2D eigenvalue weighted by atomic mass is 35.5. The normalized spacial score (nSPS) is 9.73. The first kappa shape index (κ1) is 11.7. The summed E-state index contributed by atoms with van der Waals surface area (Å²) in [6.45, 7) is 1.92. The number of nitrogens with zero attached hydrogens (tertiary/aromatic N) is 1. The first-order chi connectivity index (χ1) is 7.19. The Hall–Kier alpha value is -1.42. The molecule has 0 radical (unpaired) electrons. The molecule has 80 valence electrons. The lowest BCUT2D eigenvalue weighted by atomic mass is 10.2. The van der Waals surface area contributed by atoms with Crippen molar-refractivity contribution in [3.8, 4) is 0 Å². The van der Waals surface area contributed by atoms with E-state index in [0.29, 0.717) is 11.8 Å². The minimum atomic E-state index is -0.357. The van der Waals surface area contributed by atoms with Gasteiger partial charge in [0.25, 0.3) is 5.91 Å². The van der Waals surface area contributed by atoms with Crippen LogP contribution in [0.3, 0.4) is 0 Å². The van der Waals surface area contributed by atoms with E-state index in [0.717, 1.165) is 12.1 Å². The summed E-state index contributed by atoms with van der Waals surface area (Å²) in [5.41, 5.74) is 1.14. The second-order valence-corrected chi connectivity index (χ2v) is 3.29. The fourth-order valence-corrected chi connectivity index (χ4v) is 1.27. The Morgan fingerprint density at radius 1 is 1.67 bits per heavy atom. The third-order valence-electron chi connectivity index (χ3n) is 1.86. The molecular formula is C10H11ClN2O2. The molecular weight excluding hydrogens is 216 g/mol. The molecule has 1 heterocycles. The molecule has 1 aromatic heterocycles. The van der Waals surface area contributed by atoms with Crippen LogP contribution in [0.1, 0.15) is 23.0 Å². The number of rotatable bonds is 4. The van der Waals surface area contributed by atoms with E-state index < -0.39 is 0 Å². The summed E-state index contributed by atoms with van der Waals surface area (Å²) < 4.78 is 0. The summed E-state index contributed by atoms with van der Waals surface area (Å²) in [4.78, 5) is 25.6. The molecule has 1 N–H and O–H groups in total. The lowest BCUT2D eigenvalue weighted by molar-refractivity contribution is -0.107. The van der Waals surface area contributed by atoms with Crippen LogP contribution in [0.25, 0.3) is 0 Å². The van der Waals surface area contributed by atoms with Crippen molar-refractivity contribution in [2.75, 3.05) is 6.54 Å². The molecule has 1 aromatic rings. The Bertz CT molecular complexity index is 380. The summed E-state index contributed by atoms with van der Waals surface area (Å²) in [6.07, 6.45) is 2.79. The maximum Gasteiger partial charge on any atom is 0.253 e. The molecule has 15 heavy (non-hydrogen) atoms. The fourth-order valence-electron chi connectivity index (χ4n) is 1.08. The summed E-state index contributed by atoms with van der Waals surface area (Å²) in [5.74, 6) is -0.357. The van der Waals surface area contributed by atoms with Gasteiger partial charge in [-0.25, -0.2) is 0 Å². The predicted molar refractivity (Wildman–Crippen MR) is 57.0 cm³/mol. The first-order valence-corrected chi connectivity index (χ1v) is 4.93. The molecule has 1 amide bonds. The van der Waals surface area contributed by atoms with Gasteiger partial charge in [-0.3, -0.25) is 9.78 Å². The summed E-state index contributed by atoms with van der Waals surface area (Å²) in [6, 6.07) is 1.63. The smallest absolute Gasteiger partial charge is 0.253 e. The van der Waals surface area contributed by atoms with Gasteiger partial charge in [0.2, 0.25) is 0 Å². The Labute approximate surface area is 92.7 Å². The number of pyridine rings is 1.